The van der Waals surface area contributed by atoms with Crippen LogP contribution >= 0.6 is 0 Å². The third kappa shape index (κ3) is 4.37. The van der Waals surface area contributed by atoms with Crippen molar-refractivity contribution in [3.05, 3.63) is 35.4 Å². The summed E-state index contributed by atoms with van der Waals surface area (Å²) < 4.78 is 5.26. The van der Waals surface area contributed by atoms with Gasteiger partial charge in [0.2, 0.25) is 0 Å². The van der Waals surface area contributed by atoms with Gasteiger partial charge in [-0.15, -0.1) is 0 Å². The van der Waals surface area contributed by atoms with E-state index in [1.165, 1.54) is 6.92 Å². The lowest BCUT2D eigenvalue weighted by molar-refractivity contribution is -0.144. The Morgan fingerprint density at radius 3 is 2.50 bits per heavy atom. The number of carbonyl (C=O) groups is 2. The fraction of sp³-hybridized carbons (Fsp3) is 0.500. The summed E-state index contributed by atoms with van der Waals surface area (Å²) in [6.07, 6.45) is 2.23. The zero-order chi connectivity index (χ0) is 15.1. The molecule has 4 nitrogen and oxygen atoms in total. The summed E-state index contributed by atoms with van der Waals surface area (Å²) in [6, 6.07) is 7.32. The first-order valence-electron chi connectivity index (χ1n) is 6.99. The molecular formula is C16H22O4. The minimum atomic E-state index is -0.968. The molecule has 0 heterocycles. The van der Waals surface area contributed by atoms with Gasteiger partial charge in [-0.2, -0.15) is 0 Å². The van der Waals surface area contributed by atoms with Crippen LogP contribution in [0.2, 0.25) is 0 Å². The normalized spacial score (nSPS) is 13.6. The van der Waals surface area contributed by atoms with Crippen LogP contribution in [-0.4, -0.2) is 23.1 Å². The number of ether oxygens (including phenoxy) is 1. The van der Waals surface area contributed by atoms with Crippen LogP contribution in [0.25, 0.3) is 0 Å². The van der Waals surface area contributed by atoms with E-state index < -0.39 is 24.0 Å². The van der Waals surface area contributed by atoms with Gasteiger partial charge in [-0.05, 0) is 38.3 Å². The number of carboxylic acid groups (broad SMARTS) is 1. The molecule has 0 saturated carbocycles. The molecule has 20 heavy (non-hydrogen) atoms. The van der Waals surface area contributed by atoms with Gasteiger partial charge in [-0.1, -0.05) is 31.5 Å². The van der Waals surface area contributed by atoms with E-state index in [1.54, 1.807) is 19.1 Å². The van der Waals surface area contributed by atoms with Crippen LogP contribution in [0.4, 0.5) is 0 Å². The van der Waals surface area contributed by atoms with Gasteiger partial charge in [0, 0.05) is 0 Å². The van der Waals surface area contributed by atoms with E-state index in [4.69, 9.17) is 9.84 Å². The largest absolute Gasteiger partial charge is 0.481 e. The van der Waals surface area contributed by atoms with E-state index in [0.717, 1.165) is 24.8 Å². The van der Waals surface area contributed by atoms with Crippen LogP contribution in [0.15, 0.2) is 24.3 Å². The molecule has 1 rings (SSSR count). The summed E-state index contributed by atoms with van der Waals surface area (Å²) in [5, 5.41) is 8.92. The van der Waals surface area contributed by atoms with Crippen LogP contribution in [0.3, 0.4) is 0 Å². The predicted molar refractivity (Wildman–Crippen MR) is 76.7 cm³/mol. The first-order valence-corrected chi connectivity index (χ1v) is 6.99. The molecule has 0 saturated heterocycles. The molecule has 0 radical (unpaired) electrons. The third-order valence-corrected chi connectivity index (χ3v) is 3.42. The Kier molecular flexibility index (Phi) is 6.22. The van der Waals surface area contributed by atoms with Crippen molar-refractivity contribution in [2.24, 2.45) is 5.92 Å². The van der Waals surface area contributed by atoms with E-state index in [-0.39, 0.29) is 0 Å². The maximum atomic E-state index is 12.2. The second kappa shape index (κ2) is 7.68. The van der Waals surface area contributed by atoms with E-state index >= 15 is 0 Å². The van der Waals surface area contributed by atoms with Crippen LogP contribution in [-0.2, 0) is 16.0 Å². The highest BCUT2D eigenvalue weighted by Crippen LogP contribution is 2.16. The molecule has 0 aliphatic rings. The van der Waals surface area contributed by atoms with Crippen molar-refractivity contribution in [2.45, 2.75) is 46.1 Å². The number of aryl methyl sites for hydroxylation is 1. The maximum Gasteiger partial charge on any atom is 0.338 e. The molecule has 2 atom stereocenters. The van der Waals surface area contributed by atoms with Crippen LogP contribution in [0.1, 0.15) is 49.5 Å². The van der Waals surface area contributed by atoms with Gasteiger partial charge in [-0.3, -0.25) is 4.79 Å². The lowest BCUT2D eigenvalue weighted by atomic mass is 10.0. The van der Waals surface area contributed by atoms with Crippen molar-refractivity contribution in [3.8, 4) is 0 Å². The summed E-state index contributed by atoms with van der Waals surface area (Å²) in [4.78, 5) is 23.0. The highest BCUT2D eigenvalue weighted by Gasteiger charge is 2.24. The molecule has 0 aliphatic heterocycles. The molecule has 0 aromatic heterocycles. The molecule has 0 fully saturated rings. The maximum absolute atomic E-state index is 12.2. The second-order valence-electron chi connectivity index (χ2n) is 5.00. The highest BCUT2D eigenvalue weighted by molar-refractivity contribution is 5.91. The Morgan fingerprint density at radius 2 is 1.90 bits per heavy atom. The molecule has 0 aliphatic carbocycles. The molecule has 1 N–H and O–H groups in total. The van der Waals surface area contributed by atoms with Gasteiger partial charge >= 0.3 is 11.9 Å². The SMILES string of the molecule is CCCCc1ccccc1C(=O)OC(C)C(C)C(=O)O. The van der Waals surface area contributed by atoms with Crippen molar-refractivity contribution >= 4 is 11.9 Å². The first kappa shape index (κ1) is 16.2. The molecule has 0 spiro atoms. The average molecular weight is 278 g/mol. The number of benzene rings is 1. The van der Waals surface area contributed by atoms with Gasteiger partial charge in [0.25, 0.3) is 0 Å². The summed E-state index contributed by atoms with van der Waals surface area (Å²) >= 11 is 0. The van der Waals surface area contributed by atoms with E-state index in [9.17, 15) is 9.59 Å². The number of hydrogen-bond donors (Lipinski definition) is 1. The number of unbranched alkanes of at least 4 members (excludes halogenated alkanes) is 1. The molecule has 4 heteroatoms. The number of hydrogen-bond acceptors (Lipinski definition) is 3. The molecule has 2 unspecified atom stereocenters. The zero-order valence-electron chi connectivity index (χ0n) is 12.3. The van der Waals surface area contributed by atoms with E-state index in [2.05, 4.69) is 6.92 Å². The predicted octanol–water partition coefficient (Wildman–Crippen LogP) is 3.30. The van der Waals surface area contributed by atoms with Crippen molar-refractivity contribution < 1.29 is 19.4 Å². The van der Waals surface area contributed by atoms with Crippen LogP contribution in [0, 0.1) is 5.92 Å². The Balaban J connectivity index is 2.79. The Morgan fingerprint density at radius 1 is 1.25 bits per heavy atom. The number of carboxylic acids is 1. The van der Waals surface area contributed by atoms with Gasteiger partial charge < -0.3 is 9.84 Å². The molecule has 0 amide bonds. The van der Waals surface area contributed by atoms with Crippen molar-refractivity contribution in [2.75, 3.05) is 0 Å². The summed E-state index contributed by atoms with van der Waals surface area (Å²) in [7, 11) is 0. The lowest BCUT2D eigenvalue weighted by Crippen LogP contribution is -2.28. The average Bonchev–Trinajstić information content (AvgIpc) is 2.44. The van der Waals surface area contributed by atoms with Gasteiger partial charge in [0.15, 0.2) is 0 Å². The van der Waals surface area contributed by atoms with Crippen LogP contribution < -0.4 is 0 Å². The molecule has 0 bridgehead atoms. The zero-order valence-corrected chi connectivity index (χ0v) is 12.3. The molecule has 110 valence electrons. The van der Waals surface area contributed by atoms with Gasteiger partial charge in [0.1, 0.15) is 6.10 Å². The number of carbonyl (C=O) groups excluding carboxylic acids is 1. The Hall–Kier alpha value is -1.84. The second-order valence-corrected chi connectivity index (χ2v) is 5.00. The van der Waals surface area contributed by atoms with Crippen molar-refractivity contribution in [3.63, 3.8) is 0 Å². The smallest absolute Gasteiger partial charge is 0.338 e. The number of rotatable bonds is 7. The van der Waals surface area contributed by atoms with Gasteiger partial charge in [0.05, 0.1) is 11.5 Å². The van der Waals surface area contributed by atoms with Gasteiger partial charge in [-0.25, -0.2) is 4.79 Å². The minimum absolute atomic E-state index is 0.447. The molecule has 1 aromatic rings. The fourth-order valence-corrected chi connectivity index (χ4v) is 1.84. The summed E-state index contributed by atoms with van der Waals surface area (Å²) in [5.74, 6) is -2.14. The molecule has 1 aromatic carbocycles. The van der Waals surface area contributed by atoms with Crippen molar-refractivity contribution in [1.82, 2.24) is 0 Å². The van der Waals surface area contributed by atoms with E-state index in [0.29, 0.717) is 5.56 Å². The first-order chi connectivity index (χ1) is 9.47. The Labute approximate surface area is 119 Å². The standard InChI is InChI=1S/C16H22O4/c1-4-5-8-13-9-6-7-10-14(13)16(19)20-12(3)11(2)15(17)18/h6-7,9-12H,4-5,8H2,1-3H3,(H,17,18). The number of aliphatic carboxylic acids is 1. The Bertz CT molecular complexity index is 467. The van der Waals surface area contributed by atoms with Crippen LogP contribution in [0.5, 0.6) is 0 Å². The monoisotopic (exact) mass is 278 g/mol. The third-order valence-electron chi connectivity index (χ3n) is 3.42. The summed E-state index contributed by atoms with van der Waals surface area (Å²) in [5.41, 5.74) is 1.49. The molecular weight excluding hydrogens is 256 g/mol. The minimum Gasteiger partial charge on any atom is -0.481 e. The lowest BCUT2D eigenvalue weighted by Gasteiger charge is -2.18. The number of esters is 1. The highest BCUT2D eigenvalue weighted by atomic mass is 16.5. The fourth-order valence-electron chi connectivity index (χ4n) is 1.84. The summed E-state index contributed by atoms with van der Waals surface area (Å²) in [6.45, 7) is 5.23. The van der Waals surface area contributed by atoms with E-state index in [1.807, 2.05) is 12.1 Å². The quantitative estimate of drug-likeness (QED) is 0.777. The van der Waals surface area contributed by atoms with Crippen molar-refractivity contribution in [1.29, 1.82) is 0 Å². The topological polar surface area (TPSA) is 63.6 Å².